The molecule has 0 aliphatic carbocycles. The zero-order valence-corrected chi connectivity index (χ0v) is 16.6. The van der Waals surface area contributed by atoms with Gasteiger partial charge in [-0.15, -0.1) is 0 Å². The Bertz CT molecular complexity index is 412. The van der Waals surface area contributed by atoms with E-state index in [1.807, 2.05) is 25.7 Å². The molecule has 3 unspecified atom stereocenters. The Morgan fingerprint density at radius 2 is 1.78 bits per heavy atom. The number of nitrogens with zero attached hydrogens (tertiary/aromatic N) is 1. The van der Waals surface area contributed by atoms with E-state index in [0.717, 1.165) is 37.6 Å². The van der Waals surface area contributed by atoms with Crippen molar-refractivity contribution in [3.05, 3.63) is 0 Å². The van der Waals surface area contributed by atoms with Crippen LogP contribution in [0.4, 0.5) is 4.79 Å². The summed E-state index contributed by atoms with van der Waals surface area (Å²) in [5.41, 5.74) is -0.452. The number of carbonyl (C=O) groups excluding carboxylic acids is 1. The predicted molar refractivity (Wildman–Crippen MR) is 95.2 cm³/mol. The average molecular weight is 343 g/mol. The summed E-state index contributed by atoms with van der Waals surface area (Å²) in [5.74, 6) is 0. The van der Waals surface area contributed by atoms with Gasteiger partial charge in [-0.2, -0.15) is 0 Å². The molecule has 2 fully saturated rings. The van der Waals surface area contributed by atoms with Crippen molar-refractivity contribution in [2.24, 2.45) is 0 Å². The van der Waals surface area contributed by atoms with Crippen molar-refractivity contribution < 1.29 is 14.0 Å². The van der Waals surface area contributed by atoms with Crippen LogP contribution in [0, 0.1) is 0 Å². The molecule has 0 spiro atoms. The minimum atomic E-state index is -1.66. The summed E-state index contributed by atoms with van der Waals surface area (Å²) in [6.45, 7) is 14.2. The maximum absolute atomic E-state index is 12.6. The normalized spacial score (nSPS) is 28.1. The Labute approximate surface area is 142 Å². The van der Waals surface area contributed by atoms with Crippen LogP contribution < -0.4 is 5.32 Å². The molecule has 6 heteroatoms. The molecule has 134 valence electrons. The lowest BCUT2D eigenvalue weighted by atomic mass is 10.2. The summed E-state index contributed by atoms with van der Waals surface area (Å²) in [5, 5.41) is 3.45. The van der Waals surface area contributed by atoms with Gasteiger partial charge >= 0.3 is 6.09 Å². The first-order valence-corrected chi connectivity index (χ1v) is 11.7. The number of piperazine rings is 1. The topological polar surface area (TPSA) is 50.8 Å². The molecule has 0 aromatic carbocycles. The smallest absolute Gasteiger partial charge is 0.410 e. The van der Waals surface area contributed by atoms with Gasteiger partial charge < -0.3 is 14.5 Å². The van der Waals surface area contributed by atoms with Gasteiger partial charge in [0.2, 0.25) is 0 Å². The second kappa shape index (κ2) is 7.11. The number of carbonyl (C=O) groups is 1. The molecule has 0 saturated carbocycles. The van der Waals surface area contributed by atoms with Crippen LogP contribution in [0.1, 0.15) is 48.0 Å². The van der Waals surface area contributed by atoms with Crippen molar-refractivity contribution >= 4 is 14.4 Å². The third-order valence-electron chi connectivity index (χ3n) is 5.36. The van der Waals surface area contributed by atoms with Crippen molar-refractivity contribution in [1.29, 1.82) is 0 Å². The van der Waals surface area contributed by atoms with Gasteiger partial charge in [0.15, 0.2) is 8.32 Å². The van der Waals surface area contributed by atoms with Crippen molar-refractivity contribution in [3.8, 4) is 0 Å². The van der Waals surface area contributed by atoms with Crippen LogP contribution in [0.3, 0.4) is 0 Å². The molecule has 2 aliphatic rings. The van der Waals surface area contributed by atoms with E-state index in [0.29, 0.717) is 0 Å². The molecule has 2 rings (SSSR count). The molecule has 1 amide bonds. The monoisotopic (exact) mass is 342 g/mol. The standard InChI is InChI=1S/C17H34N2O3Si/c1-7-23(8-2,9-3)22-15-10-13-11-18-12-14(15)19(13)16(20)21-17(4,5)6/h13-15,18H,7-12H2,1-6H3. The van der Waals surface area contributed by atoms with E-state index in [2.05, 4.69) is 26.1 Å². The molecule has 0 aromatic heterocycles. The van der Waals surface area contributed by atoms with Crippen molar-refractivity contribution in [2.45, 2.75) is 89.9 Å². The van der Waals surface area contributed by atoms with E-state index < -0.39 is 13.9 Å². The zero-order valence-electron chi connectivity index (χ0n) is 15.6. The highest BCUT2D eigenvalue weighted by Crippen LogP contribution is 2.35. The summed E-state index contributed by atoms with van der Waals surface area (Å²) >= 11 is 0. The lowest BCUT2D eigenvalue weighted by Crippen LogP contribution is -2.57. The zero-order chi connectivity index (χ0) is 17.3. The second-order valence-corrected chi connectivity index (χ2v) is 12.6. The van der Waals surface area contributed by atoms with E-state index in [-0.39, 0.29) is 24.3 Å². The van der Waals surface area contributed by atoms with Gasteiger partial charge in [0.25, 0.3) is 0 Å². The maximum Gasteiger partial charge on any atom is 0.410 e. The minimum absolute atomic E-state index is 0.111. The number of rotatable bonds is 5. The SMILES string of the molecule is CC[Si](CC)(CC)OC1CC2CNCC1N2C(=O)OC(C)(C)C. The second-order valence-electron chi connectivity index (χ2n) is 7.90. The van der Waals surface area contributed by atoms with Crippen LogP contribution in [0.25, 0.3) is 0 Å². The molecule has 2 heterocycles. The first-order valence-electron chi connectivity index (χ1n) is 9.15. The average Bonchev–Trinajstić information content (AvgIpc) is 2.69. The van der Waals surface area contributed by atoms with Crippen LogP contribution in [0.2, 0.25) is 18.1 Å². The van der Waals surface area contributed by atoms with Crippen molar-refractivity contribution in [2.75, 3.05) is 13.1 Å². The summed E-state index contributed by atoms with van der Waals surface area (Å²) < 4.78 is 12.4. The highest BCUT2D eigenvalue weighted by atomic mass is 28.4. The first kappa shape index (κ1) is 18.7. The van der Waals surface area contributed by atoms with E-state index >= 15 is 0 Å². The van der Waals surface area contributed by atoms with E-state index in [9.17, 15) is 4.79 Å². The van der Waals surface area contributed by atoms with E-state index in [4.69, 9.17) is 9.16 Å². The largest absolute Gasteiger partial charge is 0.444 e. The van der Waals surface area contributed by atoms with Gasteiger partial charge in [-0.25, -0.2) is 4.79 Å². The molecule has 5 nitrogen and oxygen atoms in total. The Kier molecular flexibility index (Phi) is 5.79. The molecule has 23 heavy (non-hydrogen) atoms. The van der Waals surface area contributed by atoms with E-state index in [1.54, 1.807) is 0 Å². The van der Waals surface area contributed by atoms with Gasteiger partial charge in [0.05, 0.1) is 18.2 Å². The third-order valence-corrected chi connectivity index (χ3v) is 10.0. The van der Waals surface area contributed by atoms with Crippen LogP contribution in [0.5, 0.6) is 0 Å². The number of nitrogens with one attached hydrogen (secondary N) is 1. The first-order chi connectivity index (χ1) is 10.7. The van der Waals surface area contributed by atoms with Crippen molar-refractivity contribution in [3.63, 3.8) is 0 Å². The summed E-state index contributed by atoms with van der Waals surface area (Å²) in [6.07, 6.45) is 0.914. The lowest BCUT2D eigenvalue weighted by molar-refractivity contribution is 0.00448. The Morgan fingerprint density at radius 3 is 2.30 bits per heavy atom. The van der Waals surface area contributed by atoms with Gasteiger partial charge in [-0.05, 0) is 45.3 Å². The molecule has 1 N–H and O–H groups in total. The fourth-order valence-corrected chi connectivity index (χ4v) is 6.74. The Balaban J connectivity index is 2.12. The fourth-order valence-electron chi connectivity index (χ4n) is 3.84. The summed E-state index contributed by atoms with van der Waals surface area (Å²) in [4.78, 5) is 14.6. The van der Waals surface area contributed by atoms with Crippen LogP contribution in [0.15, 0.2) is 0 Å². The highest BCUT2D eigenvalue weighted by molar-refractivity contribution is 6.73. The Morgan fingerprint density at radius 1 is 1.17 bits per heavy atom. The molecular weight excluding hydrogens is 308 g/mol. The van der Waals surface area contributed by atoms with Crippen LogP contribution in [-0.2, 0) is 9.16 Å². The van der Waals surface area contributed by atoms with Crippen LogP contribution in [-0.4, -0.2) is 56.2 Å². The number of ether oxygens (including phenoxy) is 1. The van der Waals surface area contributed by atoms with Gasteiger partial charge in [0, 0.05) is 13.1 Å². The fraction of sp³-hybridized carbons (Fsp3) is 0.941. The third kappa shape index (κ3) is 4.09. The van der Waals surface area contributed by atoms with Gasteiger partial charge in [-0.1, -0.05) is 20.8 Å². The number of fused-ring (bicyclic) bond motifs is 2. The Hall–Kier alpha value is -0.593. The molecule has 2 bridgehead atoms. The number of hydrogen-bond acceptors (Lipinski definition) is 4. The molecule has 2 saturated heterocycles. The van der Waals surface area contributed by atoms with Gasteiger partial charge in [-0.3, -0.25) is 4.90 Å². The number of amides is 1. The highest BCUT2D eigenvalue weighted by Gasteiger charge is 2.50. The number of hydrogen-bond donors (Lipinski definition) is 1. The van der Waals surface area contributed by atoms with E-state index in [1.165, 1.54) is 0 Å². The van der Waals surface area contributed by atoms with Gasteiger partial charge in [0.1, 0.15) is 5.60 Å². The summed E-state index contributed by atoms with van der Waals surface area (Å²) in [7, 11) is -1.66. The molecule has 0 radical (unpaired) electrons. The minimum Gasteiger partial charge on any atom is -0.444 e. The predicted octanol–water partition coefficient (Wildman–Crippen LogP) is 3.36. The summed E-state index contributed by atoms with van der Waals surface area (Å²) in [6, 6.07) is 3.75. The van der Waals surface area contributed by atoms with Crippen molar-refractivity contribution in [1.82, 2.24) is 10.2 Å². The molecular formula is C17H34N2O3Si. The maximum atomic E-state index is 12.6. The molecule has 0 aromatic rings. The van der Waals surface area contributed by atoms with Crippen LogP contribution >= 0.6 is 0 Å². The molecule has 3 atom stereocenters. The molecule has 2 aliphatic heterocycles. The lowest BCUT2D eigenvalue weighted by Gasteiger charge is -2.38. The quantitative estimate of drug-likeness (QED) is 0.779.